The van der Waals surface area contributed by atoms with Gasteiger partial charge in [0.25, 0.3) is 0 Å². The molecule has 2 aromatic carbocycles. The first-order valence-electron chi connectivity index (χ1n) is 13.6. The number of nitrogens with one attached hydrogen (secondary N) is 2. The van der Waals surface area contributed by atoms with Gasteiger partial charge < -0.3 is 10.6 Å². The Labute approximate surface area is 224 Å². The van der Waals surface area contributed by atoms with Crippen molar-refractivity contribution < 1.29 is 16.5 Å². The van der Waals surface area contributed by atoms with Gasteiger partial charge >= 0.3 is 0 Å². The number of nitrogens with zero attached hydrogens (tertiary/aromatic N) is 2. The van der Waals surface area contributed by atoms with E-state index in [-0.39, 0.29) is 16.5 Å². The SMILES string of the molecule is CCCCCCCCNc1ccc(N=CC=Nc2ccc(NCCCCCCCC)cc2)cc1.[Ni]. The fraction of sp³-hybridized carbons (Fsp3) is 0.533. The Kier molecular flexibility index (Phi) is 18.7. The van der Waals surface area contributed by atoms with Crippen molar-refractivity contribution in [2.45, 2.75) is 90.9 Å². The number of benzene rings is 2. The molecule has 0 spiro atoms. The van der Waals surface area contributed by atoms with Gasteiger partial charge in [-0.2, -0.15) is 0 Å². The van der Waals surface area contributed by atoms with Crippen LogP contribution in [0.4, 0.5) is 22.7 Å². The van der Waals surface area contributed by atoms with Gasteiger partial charge in [0.15, 0.2) is 0 Å². The molecule has 2 rings (SSSR count). The zero-order chi connectivity index (χ0) is 24.1. The molecule has 35 heavy (non-hydrogen) atoms. The molecule has 0 aliphatic heterocycles. The third-order valence-electron chi connectivity index (χ3n) is 5.97. The summed E-state index contributed by atoms with van der Waals surface area (Å²) in [5.74, 6) is 0. The molecule has 0 bridgehead atoms. The van der Waals surface area contributed by atoms with E-state index in [4.69, 9.17) is 0 Å². The van der Waals surface area contributed by atoms with E-state index in [9.17, 15) is 0 Å². The van der Waals surface area contributed by atoms with Crippen LogP contribution in [0.3, 0.4) is 0 Å². The molecule has 2 N–H and O–H groups in total. The van der Waals surface area contributed by atoms with E-state index in [0.29, 0.717) is 0 Å². The Morgan fingerprint density at radius 1 is 0.514 bits per heavy atom. The molecule has 0 aliphatic carbocycles. The Balaban J connectivity index is 0.00000612. The molecule has 0 aromatic heterocycles. The Bertz CT molecular complexity index is 731. The molecule has 0 unspecified atom stereocenters. The summed E-state index contributed by atoms with van der Waals surface area (Å²) in [6.07, 6.45) is 19.4. The van der Waals surface area contributed by atoms with E-state index in [2.05, 4.69) is 58.7 Å². The van der Waals surface area contributed by atoms with Crippen molar-refractivity contribution in [2.24, 2.45) is 9.98 Å². The molecular weight excluding hydrogens is 475 g/mol. The van der Waals surface area contributed by atoms with Crippen LogP contribution in [0.2, 0.25) is 0 Å². The summed E-state index contributed by atoms with van der Waals surface area (Å²) in [7, 11) is 0. The van der Waals surface area contributed by atoms with Crippen molar-refractivity contribution in [2.75, 3.05) is 23.7 Å². The summed E-state index contributed by atoms with van der Waals surface area (Å²) >= 11 is 0. The van der Waals surface area contributed by atoms with Crippen LogP contribution < -0.4 is 10.6 Å². The third-order valence-corrected chi connectivity index (χ3v) is 5.97. The van der Waals surface area contributed by atoms with Crippen LogP contribution in [0.1, 0.15) is 90.9 Å². The van der Waals surface area contributed by atoms with Gasteiger partial charge in [-0.25, -0.2) is 0 Å². The summed E-state index contributed by atoms with van der Waals surface area (Å²) in [6.45, 7) is 6.59. The van der Waals surface area contributed by atoms with Crippen molar-refractivity contribution >= 4 is 35.2 Å². The average molecular weight is 521 g/mol. The first-order chi connectivity index (χ1) is 16.8. The molecule has 0 amide bonds. The zero-order valence-corrected chi connectivity index (χ0v) is 22.9. The van der Waals surface area contributed by atoms with Gasteiger partial charge in [0.05, 0.1) is 11.4 Å². The first-order valence-corrected chi connectivity index (χ1v) is 13.6. The number of hydrogen-bond acceptors (Lipinski definition) is 4. The minimum absolute atomic E-state index is 0. The molecule has 196 valence electrons. The summed E-state index contributed by atoms with van der Waals surface area (Å²) in [6, 6.07) is 16.5. The third kappa shape index (κ3) is 15.5. The second-order valence-electron chi connectivity index (χ2n) is 9.04. The van der Waals surface area contributed by atoms with Crippen LogP contribution in [-0.2, 0) is 16.5 Å². The average Bonchev–Trinajstić information content (AvgIpc) is 2.87. The van der Waals surface area contributed by atoms with Gasteiger partial charge in [0, 0.05) is 53.4 Å². The van der Waals surface area contributed by atoms with Crippen molar-refractivity contribution in [3.63, 3.8) is 0 Å². The number of unbranched alkanes of at least 4 members (excludes halogenated alkanes) is 10. The van der Waals surface area contributed by atoms with Gasteiger partial charge in [0.1, 0.15) is 0 Å². The van der Waals surface area contributed by atoms with E-state index in [1.165, 1.54) is 77.0 Å². The fourth-order valence-corrected chi connectivity index (χ4v) is 3.85. The number of aliphatic imine (C=N–C) groups is 2. The second kappa shape index (κ2) is 21.2. The van der Waals surface area contributed by atoms with Crippen LogP contribution in [0.25, 0.3) is 0 Å². The van der Waals surface area contributed by atoms with E-state index in [1.807, 2.05) is 24.3 Å². The summed E-state index contributed by atoms with van der Waals surface area (Å²) < 4.78 is 0. The summed E-state index contributed by atoms with van der Waals surface area (Å²) in [5.41, 5.74) is 4.19. The minimum atomic E-state index is 0. The molecular formula is C30H46N4Ni. The van der Waals surface area contributed by atoms with E-state index < -0.39 is 0 Å². The Hall–Kier alpha value is -2.13. The molecule has 0 fully saturated rings. The quantitative estimate of drug-likeness (QED) is 0.110. The minimum Gasteiger partial charge on any atom is -0.385 e. The van der Waals surface area contributed by atoms with Gasteiger partial charge in [-0.1, -0.05) is 78.1 Å². The van der Waals surface area contributed by atoms with Crippen LogP contribution >= 0.6 is 0 Å². The van der Waals surface area contributed by atoms with E-state index in [1.54, 1.807) is 12.4 Å². The molecule has 2 aromatic rings. The molecule has 0 atom stereocenters. The fourth-order valence-electron chi connectivity index (χ4n) is 3.85. The molecule has 0 heterocycles. The maximum absolute atomic E-state index is 4.48. The maximum Gasteiger partial charge on any atom is 0.0631 e. The normalized spacial score (nSPS) is 11.1. The molecule has 4 nitrogen and oxygen atoms in total. The van der Waals surface area contributed by atoms with Crippen LogP contribution in [0.5, 0.6) is 0 Å². The molecule has 0 saturated heterocycles. The van der Waals surface area contributed by atoms with Crippen LogP contribution in [0.15, 0.2) is 58.5 Å². The molecule has 5 heteroatoms. The van der Waals surface area contributed by atoms with Crippen LogP contribution in [-0.4, -0.2) is 25.5 Å². The van der Waals surface area contributed by atoms with Crippen molar-refractivity contribution in [1.82, 2.24) is 0 Å². The van der Waals surface area contributed by atoms with Gasteiger partial charge in [-0.15, -0.1) is 0 Å². The largest absolute Gasteiger partial charge is 0.385 e. The summed E-state index contributed by atoms with van der Waals surface area (Å²) in [5, 5.41) is 7.00. The topological polar surface area (TPSA) is 48.8 Å². The van der Waals surface area contributed by atoms with E-state index >= 15 is 0 Å². The monoisotopic (exact) mass is 520 g/mol. The summed E-state index contributed by atoms with van der Waals surface area (Å²) in [4.78, 5) is 8.96. The second-order valence-corrected chi connectivity index (χ2v) is 9.04. The zero-order valence-electron chi connectivity index (χ0n) is 21.9. The molecule has 0 radical (unpaired) electrons. The predicted molar refractivity (Wildman–Crippen MR) is 153 cm³/mol. The van der Waals surface area contributed by atoms with Crippen LogP contribution in [0, 0.1) is 0 Å². The van der Waals surface area contributed by atoms with Gasteiger partial charge in [-0.05, 0) is 61.4 Å². The predicted octanol–water partition coefficient (Wildman–Crippen LogP) is 9.33. The van der Waals surface area contributed by atoms with Gasteiger partial charge in [0.2, 0.25) is 0 Å². The molecule has 0 saturated carbocycles. The van der Waals surface area contributed by atoms with Crippen molar-refractivity contribution in [3.8, 4) is 0 Å². The maximum atomic E-state index is 4.48. The van der Waals surface area contributed by atoms with Gasteiger partial charge in [-0.3, -0.25) is 9.98 Å². The first kappa shape index (κ1) is 30.9. The van der Waals surface area contributed by atoms with Crippen molar-refractivity contribution in [1.29, 1.82) is 0 Å². The number of hydrogen-bond donors (Lipinski definition) is 2. The standard InChI is InChI=1S/C30H46N4.Ni/c1-3-5-7-9-11-13-23-31-27-15-19-29(20-16-27)33-25-26-34-30-21-17-28(18-22-30)32-24-14-12-10-8-6-4-2;/h15-22,25-26,31-32H,3-14,23-24H2,1-2H3;. The number of anilines is 2. The number of rotatable bonds is 19. The molecule has 0 aliphatic rings. The Morgan fingerprint density at radius 2 is 0.857 bits per heavy atom. The van der Waals surface area contributed by atoms with E-state index in [0.717, 1.165) is 35.8 Å². The smallest absolute Gasteiger partial charge is 0.0631 e. The van der Waals surface area contributed by atoms with Crippen molar-refractivity contribution in [3.05, 3.63) is 48.5 Å². The Morgan fingerprint density at radius 3 is 1.23 bits per heavy atom.